The zero-order valence-electron chi connectivity index (χ0n) is 8.51. The molecular formula is C10H9N3O2S. The quantitative estimate of drug-likeness (QED) is 0.656. The Morgan fingerprint density at radius 3 is 2.94 bits per heavy atom. The van der Waals surface area contributed by atoms with Crippen LogP contribution in [0.4, 0.5) is 10.8 Å². The molecule has 1 N–H and O–H groups in total. The van der Waals surface area contributed by atoms with Crippen LogP contribution in [-0.4, -0.2) is 17.0 Å². The van der Waals surface area contributed by atoms with Gasteiger partial charge in [-0.25, -0.2) is 4.98 Å². The van der Waals surface area contributed by atoms with Crippen LogP contribution >= 0.6 is 11.3 Å². The van der Waals surface area contributed by atoms with Crippen LogP contribution in [0.2, 0.25) is 0 Å². The molecule has 82 valence electrons. The highest BCUT2D eigenvalue weighted by atomic mass is 32.1. The summed E-state index contributed by atoms with van der Waals surface area (Å²) in [4.78, 5) is 14.5. The van der Waals surface area contributed by atoms with E-state index >= 15 is 0 Å². The molecule has 16 heavy (non-hydrogen) atoms. The third kappa shape index (κ3) is 2.01. The van der Waals surface area contributed by atoms with Crippen LogP contribution in [0.3, 0.4) is 0 Å². The van der Waals surface area contributed by atoms with Crippen molar-refractivity contribution in [2.24, 2.45) is 0 Å². The van der Waals surface area contributed by atoms with Gasteiger partial charge in [-0.05, 0) is 0 Å². The molecule has 0 aliphatic heterocycles. The first-order valence-electron chi connectivity index (χ1n) is 4.59. The van der Waals surface area contributed by atoms with E-state index in [0.29, 0.717) is 0 Å². The predicted molar refractivity (Wildman–Crippen MR) is 63.8 cm³/mol. The number of benzene rings is 1. The fourth-order valence-electron chi connectivity index (χ4n) is 1.30. The molecule has 0 atom stereocenters. The number of aromatic nitrogens is 1. The second-order valence-corrected chi connectivity index (χ2v) is 3.95. The monoisotopic (exact) mass is 235 g/mol. The number of non-ortho nitro benzene ring substituents is 1. The van der Waals surface area contributed by atoms with E-state index in [2.05, 4.69) is 10.3 Å². The summed E-state index contributed by atoms with van der Waals surface area (Å²) in [7, 11) is 1.79. The van der Waals surface area contributed by atoms with Crippen molar-refractivity contribution in [2.45, 2.75) is 0 Å². The van der Waals surface area contributed by atoms with Crippen molar-refractivity contribution in [2.75, 3.05) is 12.4 Å². The van der Waals surface area contributed by atoms with E-state index in [-0.39, 0.29) is 5.69 Å². The van der Waals surface area contributed by atoms with E-state index in [1.54, 1.807) is 13.1 Å². The first kappa shape index (κ1) is 10.6. The van der Waals surface area contributed by atoms with Gasteiger partial charge in [0.05, 0.1) is 10.6 Å². The molecule has 1 heterocycles. The second-order valence-electron chi connectivity index (χ2n) is 3.10. The van der Waals surface area contributed by atoms with Crippen LogP contribution in [-0.2, 0) is 0 Å². The number of hydrogen-bond acceptors (Lipinski definition) is 5. The van der Waals surface area contributed by atoms with Gasteiger partial charge < -0.3 is 5.32 Å². The Hall–Kier alpha value is -1.95. The number of thiazole rings is 1. The number of nitro groups is 1. The van der Waals surface area contributed by atoms with Crippen LogP contribution < -0.4 is 5.32 Å². The zero-order chi connectivity index (χ0) is 11.5. The lowest BCUT2D eigenvalue weighted by Gasteiger charge is -1.96. The van der Waals surface area contributed by atoms with Crippen molar-refractivity contribution < 1.29 is 4.92 Å². The van der Waals surface area contributed by atoms with Crippen LogP contribution in [0.15, 0.2) is 29.6 Å². The van der Waals surface area contributed by atoms with Crippen molar-refractivity contribution in [3.63, 3.8) is 0 Å². The SMILES string of the molecule is CNc1nc(-c2cccc([N+](=O)[O-])c2)cs1. The number of nitrogens with zero attached hydrogens (tertiary/aromatic N) is 2. The number of nitrogens with one attached hydrogen (secondary N) is 1. The first-order valence-corrected chi connectivity index (χ1v) is 5.47. The predicted octanol–water partition coefficient (Wildman–Crippen LogP) is 2.76. The van der Waals surface area contributed by atoms with Gasteiger partial charge in [0.2, 0.25) is 0 Å². The van der Waals surface area contributed by atoms with Gasteiger partial charge in [0.1, 0.15) is 0 Å². The Morgan fingerprint density at radius 1 is 1.50 bits per heavy atom. The summed E-state index contributed by atoms with van der Waals surface area (Å²) in [5.74, 6) is 0. The van der Waals surface area contributed by atoms with E-state index in [1.807, 2.05) is 11.4 Å². The molecule has 6 heteroatoms. The summed E-state index contributed by atoms with van der Waals surface area (Å²) in [5, 5.41) is 16.2. The minimum Gasteiger partial charge on any atom is -0.365 e. The van der Waals surface area contributed by atoms with E-state index in [4.69, 9.17) is 0 Å². The Morgan fingerprint density at radius 2 is 2.31 bits per heavy atom. The third-order valence-electron chi connectivity index (χ3n) is 2.07. The van der Waals surface area contributed by atoms with Gasteiger partial charge in [-0.15, -0.1) is 11.3 Å². The van der Waals surface area contributed by atoms with Gasteiger partial charge in [0.25, 0.3) is 5.69 Å². The summed E-state index contributed by atoms with van der Waals surface area (Å²) in [5.41, 5.74) is 1.58. The lowest BCUT2D eigenvalue weighted by Crippen LogP contribution is -1.89. The van der Waals surface area contributed by atoms with Gasteiger partial charge in [-0.2, -0.15) is 0 Å². The average Bonchev–Trinajstić information content (AvgIpc) is 2.77. The lowest BCUT2D eigenvalue weighted by atomic mass is 10.1. The molecular weight excluding hydrogens is 226 g/mol. The molecule has 0 aliphatic rings. The third-order valence-corrected chi connectivity index (χ3v) is 2.93. The van der Waals surface area contributed by atoms with Gasteiger partial charge in [-0.3, -0.25) is 10.1 Å². The highest BCUT2D eigenvalue weighted by Gasteiger charge is 2.09. The molecule has 0 aliphatic carbocycles. The van der Waals surface area contributed by atoms with Crippen molar-refractivity contribution in [1.29, 1.82) is 0 Å². The molecule has 0 fully saturated rings. The van der Waals surface area contributed by atoms with Crippen molar-refractivity contribution in [3.05, 3.63) is 39.8 Å². The van der Waals surface area contributed by atoms with Gasteiger partial charge in [-0.1, -0.05) is 12.1 Å². The van der Waals surface area contributed by atoms with Gasteiger partial charge in [0, 0.05) is 30.1 Å². The van der Waals surface area contributed by atoms with Gasteiger partial charge >= 0.3 is 0 Å². The Labute approximate surface area is 95.9 Å². The molecule has 0 unspecified atom stereocenters. The molecule has 5 nitrogen and oxygen atoms in total. The van der Waals surface area contributed by atoms with Crippen molar-refractivity contribution >= 4 is 22.2 Å². The number of hydrogen-bond donors (Lipinski definition) is 1. The van der Waals surface area contributed by atoms with Crippen molar-refractivity contribution in [1.82, 2.24) is 4.98 Å². The maximum absolute atomic E-state index is 10.6. The van der Waals surface area contributed by atoms with Crippen LogP contribution in [0.5, 0.6) is 0 Å². The van der Waals surface area contributed by atoms with E-state index < -0.39 is 4.92 Å². The summed E-state index contributed by atoms with van der Waals surface area (Å²) in [6.45, 7) is 0. The molecule has 0 saturated carbocycles. The largest absolute Gasteiger partial charge is 0.365 e. The standard InChI is InChI=1S/C10H9N3O2S/c1-11-10-12-9(6-16-10)7-3-2-4-8(5-7)13(14)15/h2-6H,1H3,(H,11,12). The molecule has 2 aromatic rings. The molecule has 1 aromatic carbocycles. The second kappa shape index (κ2) is 4.28. The Bertz CT molecular complexity index is 524. The fraction of sp³-hybridized carbons (Fsp3) is 0.100. The number of rotatable bonds is 3. The molecule has 0 radical (unpaired) electrons. The van der Waals surface area contributed by atoms with Crippen LogP contribution in [0, 0.1) is 10.1 Å². The normalized spacial score (nSPS) is 10.1. The Kier molecular flexibility index (Phi) is 2.82. The molecule has 2 rings (SSSR count). The average molecular weight is 235 g/mol. The summed E-state index contributed by atoms with van der Waals surface area (Å²) in [6, 6.07) is 6.46. The zero-order valence-corrected chi connectivity index (χ0v) is 9.32. The molecule has 1 aromatic heterocycles. The topological polar surface area (TPSA) is 68.1 Å². The minimum atomic E-state index is -0.408. The summed E-state index contributed by atoms with van der Waals surface area (Å²) >= 11 is 1.47. The summed E-state index contributed by atoms with van der Waals surface area (Å²) < 4.78 is 0. The lowest BCUT2D eigenvalue weighted by molar-refractivity contribution is -0.384. The fourth-order valence-corrected chi connectivity index (χ4v) is 1.98. The molecule has 0 amide bonds. The van der Waals surface area contributed by atoms with E-state index in [9.17, 15) is 10.1 Å². The maximum Gasteiger partial charge on any atom is 0.270 e. The maximum atomic E-state index is 10.6. The van der Waals surface area contributed by atoms with Crippen LogP contribution in [0.25, 0.3) is 11.3 Å². The van der Waals surface area contributed by atoms with E-state index in [1.165, 1.54) is 23.5 Å². The Balaban J connectivity index is 2.40. The van der Waals surface area contributed by atoms with Crippen molar-refractivity contribution in [3.8, 4) is 11.3 Å². The smallest absolute Gasteiger partial charge is 0.270 e. The summed E-state index contributed by atoms with van der Waals surface area (Å²) in [6.07, 6.45) is 0. The molecule has 0 saturated heterocycles. The molecule has 0 bridgehead atoms. The minimum absolute atomic E-state index is 0.0801. The van der Waals surface area contributed by atoms with E-state index in [0.717, 1.165) is 16.4 Å². The first-order chi connectivity index (χ1) is 7.70. The highest BCUT2D eigenvalue weighted by Crippen LogP contribution is 2.26. The number of nitro benzene ring substituents is 1. The molecule has 0 spiro atoms. The van der Waals surface area contributed by atoms with Crippen LogP contribution in [0.1, 0.15) is 0 Å². The number of anilines is 1. The highest BCUT2D eigenvalue weighted by molar-refractivity contribution is 7.14. The van der Waals surface area contributed by atoms with Gasteiger partial charge in [0.15, 0.2) is 5.13 Å².